The molecule has 9 nitrogen and oxygen atoms in total. The van der Waals surface area contributed by atoms with Gasteiger partial charge in [-0.3, -0.25) is 9.78 Å². The van der Waals surface area contributed by atoms with E-state index in [1.54, 1.807) is 17.7 Å². The Bertz CT molecular complexity index is 888. The molecule has 140 valence electrons. The number of pyridine rings is 1. The summed E-state index contributed by atoms with van der Waals surface area (Å²) >= 11 is 0. The van der Waals surface area contributed by atoms with Gasteiger partial charge < -0.3 is 15.0 Å². The third kappa shape index (κ3) is 4.02. The van der Waals surface area contributed by atoms with Crippen LogP contribution in [0.1, 0.15) is 23.3 Å². The van der Waals surface area contributed by atoms with Gasteiger partial charge in [-0.1, -0.05) is 0 Å². The first kappa shape index (κ1) is 18.3. The summed E-state index contributed by atoms with van der Waals surface area (Å²) < 4.78 is 33.9. The summed E-state index contributed by atoms with van der Waals surface area (Å²) in [5.41, 5.74) is 5.35. The number of hydrogen-bond acceptors (Lipinski definition) is 6. The molecule has 2 aromatic heterocycles. The highest BCUT2D eigenvalue weighted by molar-refractivity contribution is 7.89. The second kappa shape index (κ2) is 7.42. The number of rotatable bonds is 6. The molecule has 2 aromatic rings. The largest absolute Gasteiger partial charge is 0.493 e. The number of piperidine rings is 1. The van der Waals surface area contributed by atoms with Gasteiger partial charge in [-0.2, -0.15) is 4.31 Å². The number of hydrogen-bond donors (Lipinski definition) is 1. The topological polar surface area (TPSA) is 120 Å². The van der Waals surface area contributed by atoms with Crippen LogP contribution in [-0.2, 0) is 17.1 Å². The van der Waals surface area contributed by atoms with Gasteiger partial charge in [0.25, 0.3) is 15.9 Å². The van der Waals surface area contributed by atoms with Crippen LogP contribution in [0.25, 0.3) is 0 Å². The number of sulfonamides is 1. The van der Waals surface area contributed by atoms with Crippen LogP contribution in [0.15, 0.2) is 35.9 Å². The van der Waals surface area contributed by atoms with Gasteiger partial charge in [-0.05, 0) is 24.8 Å². The number of imidazole rings is 1. The molecule has 0 aliphatic carbocycles. The molecule has 2 N–H and O–H groups in total. The smallest absolute Gasteiger partial charge is 0.267 e. The van der Waals surface area contributed by atoms with E-state index in [0.29, 0.717) is 38.3 Å². The molecule has 3 heterocycles. The van der Waals surface area contributed by atoms with E-state index in [0.717, 1.165) is 0 Å². The van der Waals surface area contributed by atoms with Crippen molar-refractivity contribution in [2.24, 2.45) is 18.7 Å². The number of aryl methyl sites for hydroxylation is 1. The standard InChI is InChI=1S/C16H21N5O4S/c1-20-9-15(19-11-20)26(23,24)21-6-3-12(4-7-21)10-25-13-2-5-18-14(8-13)16(17)22/h2,5,8-9,11-12H,3-4,6-7,10H2,1H3,(H2,17,22). The van der Waals surface area contributed by atoms with Gasteiger partial charge in [0, 0.05) is 38.6 Å². The highest BCUT2D eigenvalue weighted by Crippen LogP contribution is 2.24. The Kier molecular flexibility index (Phi) is 5.23. The zero-order valence-corrected chi connectivity index (χ0v) is 15.2. The molecule has 26 heavy (non-hydrogen) atoms. The quantitative estimate of drug-likeness (QED) is 0.775. The SMILES string of the molecule is Cn1cnc(S(=O)(=O)N2CCC(COc3ccnc(C(N)=O)c3)CC2)c1. The van der Waals surface area contributed by atoms with Crippen LogP contribution in [0.5, 0.6) is 5.75 Å². The number of primary amides is 1. The van der Waals surface area contributed by atoms with Crippen molar-refractivity contribution in [2.45, 2.75) is 17.9 Å². The van der Waals surface area contributed by atoms with Gasteiger partial charge >= 0.3 is 0 Å². The fourth-order valence-corrected chi connectivity index (χ4v) is 4.26. The minimum Gasteiger partial charge on any atom is -0.493 e. The lowest BCUT2D eigenvalue weighted by atomic mass is 9.99. The summed E-state index contributed by atoms with van der Waals surface area (Å²) in [6.07, 6.45) is 5.84. The van der Waals surface area contributed by atoms with E-state index in [2.05, 4.69) is 9.97 Å². The number of nitrogens with zero attached hydrogens (tertiary/aromatic N) is 4. The lowest BCUT2D eigenvalue weighted by Gasteiger charge is -2.30. The molecular formula is C16H21N5O4S. The molecule has 0 aromatic carbocycles. The molecule has 10 heteroatoms. The number of carbonyl (C=O) groups excluding carboxylic acids is 1. The van der Waals surface area contributed by atoms with E-state index in [1.165, 1.54) is 29.1 Å². The maximum absolute atomic E-state index is 12.6. The molecule has 1 amide bonds. The monoisotopic (exact) mass is 379 g/mol. The Morgan fingerprint density at radius 1 is 1.35 bits per heavy atom. The minimum absolute atomic E-state index is 0.0745. The minimum atomic E-state index is -3.55. The molecule has 0 unspecified atom stereocenters. The number of nitrogens with two attached hydrogens (primary N) is 1. The van der Waals surface area contributed by atoms with E-state index in [4.69, 9.17) is 10.5 Å². The molecule has 0 spiro atoms. The molecule has 1 saturated heterocycles. The predicted octanol–water partition coefficient (Wildman–Crippen LogP) is 0.394. The summed E-state index contributed by atoms with van der Waals surface area (Å²) in [4.78, 5) is 19.0. The van der Waals surface area contributed by atoms with Crippen LogP contribution in [0, 0.1) is 5.92 Å². The molecule has 3 rings (SSSR count). The molecule has 0 bridgehead atoms. The molecule has 0 radical (unpaired) electrons. The average molecular weight is 379 g/mol. The number of amides is 1. The maximum Gasteiger partial charge on any atom is 0.267 e. The van der Waals surface area contributed by atoms with Gasteiger partial charge in [0.1, 0.15) is 11.4 Å². The number of aromatic nitrogens is 3. The van der Waals surface area contributed by atoms with E-state index < -0.39 is 15.9 Å². The zero-order valence-electron chi connectivity index (χ0n) is 14.4. The van der Waals surface area contributed by atoms with Crippen molar-refractivity contribution in [3.8, 4) is 5.75 Å². The number of ether oxygens (including phenoxy) is 1. The van der Waals surface area contributed by atoms with Gasteiger partial charge in [0.2, 0.25) is 0 Å². The van der Waals surface area contributed by atoms with Crippen molar-refractivity contribution in [3.05, 3.63) is 36.5 Å². The van der Waals surface area contributed by atoms with E-state index in [9.17, 15) is 13.2 Å². The Morgan fingerprint density at radius 3 is 2.69 bits per heavy atom. The van der Waals surface area contributed by atoms with Crippen molar-refractivity contribution >= 4 is 15.9 Å². The van der Waals surface area contributed by atoms with Crippen LogP contribution in [0.3, 0.4) is 0 Å². The van der Waals surface area contributed by atoms with Crippen molar-refractivity contribution in [1.29, 1.82) is 0 Å². The van der Waals surface area contributed by atoms with E-state index in [1.807, 2.05) is 0 Å². The molecule has 0 saturated carbocycles. The molecule has 1 aliphatic rings. The lowest BCUT2D eigenvalue weighted by molar-refractivity contribution is 0.0995. The predicted molar refractivity (Wildman–Crippen MR) is 92.9 cm³/mol. The Labute approximate surface area is 151 Å². The van der Waals surface area contributed by atoms with Crippen LogP contribution >= 0.6 is 0 Å². The second-order valence-electron chi connectivity index (χ2n) is 6.28. The van der Waals surface area contributed by atoms with E-state index >= 15 is 0 Å². The van der Waals surface area contributed by atoms with E-state index in [-0.39, 0.29) is 16.6 Å². The molecule has 0 atom stereocenters. The first-order valence-electron chi connectivity index (χ1n) is 8.23. The van der Waals surface area contributed by atoms with Crippen molar-refractivity contribution in [1.82, 2.24) is 18.8 Å². The summed E-state index contributed by atoms with van der Waals surface area (Å²) in [7, 11) is -1.81. The fraction of sp³-hybridized carbons (Fsp3) is 0.438. The third-order valence-electron chi connectivity index (χ3n) is 4.33. The Hall–Kier alpha value is -2.46. The van der Waals surface area contributed by atoms with Crippen LogP contribution < -0.4 is 10.5 Å². The Morgan fingerprint density at radius 2 is 2.08 bits per heavy atom. The summed E-state index contributed by atoms with van der Waals surface area (Å²) in [6.45, 7) is 1.30. The van der Waals surface area contributed by atoms with Crippen LogP contribution in [0.2, 0.25) is 0 Å². The number of carbonyl (C=O) groups is 1. The molecular weight excluding hydrogens is 358 g/mol. The Balaban J connectivity index is 1.54. The summed E-state index contributed by atoms with van der Waals surface area (Å²) in [6, 6.07) is 3.16. The van der Waals surface area contributed by atoms with Crippen molar-refractivity contribution in [2.75, 3.05) is 19.7 Å². The lowest BCUT2D eigenvalue weighted by Crippen LogP contribution is -2.39. The maximum atomic E-state index is 12.6. The second-order valence-corrected chi connectivity index (χ2v) is 8.16. The van der Waals surface area contributed by atoms with Gasteiger partial charge in [0.05, 0.1) is 12.9 Å². The molecule has 1 fully saturated rings. The zero-order chi connectivity index (χ0) is 18.7. The normalized spacial score (nSPS) is 16.5. The van der Waals surface area contributed by atoms with Crippen molar-refractivity contribution < 1.29 is 17.9 Å². The van der Waals surface area contributed by atoms with Crippen LogP contribution in [0.4, 0.5) is 0 Å². The first-order chi connectivity index (χ1) is 12.4. The highest BCUT2D eigenvalue weighted by atomic mass is 32.2. The van der Waals surface area contributed by atoms with Gasteiger partial charge in [0.15, 0.2) is 5.03 Å². The summed E-state index contributed by atoms with van der Waals surface area (Å²) in [5.74, 6) is 0.149. The first-order valence-corrected chi connectivity index (χ1v) is 9.67. The highest BCUT2D eigenvalue weighted by Gasteiger charge is 2.31. The summed E-state index contributed by atoms with van der Waals surface area (Å²) in [5, 5.41) is 0.0745. The third-order valence-corrected chi connectivity index (χ3v) is 6.11. The van der Waals surface area contributed by atoms with Gasteiger partial charge in [-0.15, -0.1) is 0 Å². The van der Waals surface area contributed by atoms with Gasteiger partial charge in [-0.25, -0.2) is 13.4 Å². The molecule has 1 aliphatic heterocycles. The van der Waals surface area contributed by atoms with Crippen molar-refractivity contribution in [3.63, 3.8) is 0 Å². The average Bonchev–Trinajstić information content (AvgIpc) is 3.08. The van der Waals surface area contributed by atoms with Crippen LogP contribution in [-0.4, -0.2) is 52.9 Å². The fourth-order valence-electron chi connectivity index (χ4n) is 2.82.